The van der Waals surface area contributed by atoms with Crippen molar-refractivity contribution in [2.24, 2.45) is 0 Å². The third-order valence-corrected chi connectivity index (χ3v) is 5.02. The van der Waals surface area contributed by atoms with Crippen LogP contribution < -0.4 is 10.2 Å². The summed E-state index contributed by atoms with van der Waals surface area (Å²) in [4.78, 5) is 8.53. The van der Waals surface area contributed by atoms with Crippen LogP contribution in [0.1, 0.15) is 50.3 Å². The van der Waals surface area contributed by atoms with Crippen molar-refractivity contribution < 1.29 is 0 Å². The third kappa shape index (κ3) is 3.04. The Bertz CT molecular complexity index is 386. The molecule has 3 rings (SSSR count). The second-order valence-electron chi connectivity index (χ2n) is 5.66. The van der Waals surface area contributed by atoms with Gasteiger partial charge in [-0.3, -0.25) is 0 Å². The van der Waals surface area contributed by atoms with Crippen molar-refractivity contribution in [3.63, 3.8) is 0 Å². The summed E-state index contributed by atoms with van der Waals surface area (Å²) in [6.07, 6.45) is 10.2. The highest BCUT2D eigenvalue weighted by Gasteiger charge is 2.22. The SMILES string of the molecule is CC1CCCCCN1c1ncc(CNC2CC2)s1. The van der Waals surface area contributed by atoms with E-state index in [1.54, 1.807) is 0 Å². The van der Waals surface area contributed by atoms with Crippen LogP contribution in [0.4, 0.5) is 5.13 Å². The summed E-state index contributed by atoms with van der Waals surface area (Å²) in [7, 11) is 0. The Labute approximate surface area is 114 Å². The minimum Gasteiger partial charge on any atom is -0.345 e. The van der Waals surface area contributed by atoms with E-state index in [1.165, 1.54) is 55.1 Å². The molecule has 1 saturated carbocycles. The molecule has 1 aromatic rings. The molecule has 18 heavy (non-hydrogen) atoms. The number of thiazole rings is 1. The molecular formula is C14H23N3S. The van der Waals surface area contributed by atoms with Crippen molar-refractivity contribution in [1.29, 1.82) is 0 Å². The van der Waals surface area contributed by atoms with Gasteiger partial charge in [-0.15, -0.1) is 11.3 Å². The summed E-state index contributed by atoms with van der Waals surface area (Å²) < 4.78 is 0. The van der Waals surface area contributed by atoms with Gasteiger partial charge in [0.05, 0.1) is 0 Å². The zero-order valence-electron chi connectivity index (χ0n) is 11.2. The van der Waals surface area contributed by atoms with E-state index in [1.807, 2.05) is 11.3 Å². The van der Waals surface area contributed by atoms with Gasteiger partial charge in [0.2, 0.25) is 0 Å². The predicted molar refractivity (Wildman–Crippen MR) is 77.3 cm³/mol. The van der Waals surface area contributed by atoms with E-state index in [0.29, 0.717) is 6.04 Å². The zero-order chi connectivity index (χ0) is 12.4. The molecule has 0 amide bonds. The molecule has 2 heterocycles. The molecule has 1 atom stereocenters. The van der Waals surface area contributed by atoms with E-state index < -0.39 is 0 Å². The highest BCUT2D eigenvalue weighted by Crippen LogP contribution is 2.29. The summed E-state index contributed by atoms with van der Waals surface area (Å²) in [6.45, 7) is 4.53. The lowest BCUT2D eigenvalue weighted by Crippen LogP contribution is -2.32. The molecular weight excluding hydrogens is 242 g/mol. The standard InChI is InChI=1S/C14H23N3S/c1-11-5-3-2-4-8-17(11)14-16-10-13(18-14)9-15-12-6-7-12/h10-12,15H,2-9H2,1H3. The van der Waals surface area contributed by atoms with Crippen LogP contribution in [0.25, 0.3) is 0 Å². The van der Waals surface area contributed by atoms with Crippen molar-refractivity contribution in [2.75, 3.05) is 11.4 Å². The Balaban J connectivity index is 1.62. The van der Waals surface area contributed by atoms with E-state index >= 15 is 0 Å². The molecule has 4 heteroatoms. The first-order chi connectivity index (χ1) is 8.83. The molecule has 1 aliphatic heterocycles. The van der Waals surface area contributed by atoms with Gasteiger partial charge < -0.3 is 10.2 Å². The zero-order valence-corrected chi connectivity index (χ0v) is 12.0. The maximum Gasteiger partial charge on any atom is 0.185 e. The lowest BCUT2D eigenvalue weighted by Gasteiger charge is -2.26. The molecule has 0 aromatic carbocycles. The van der Waals surface area contributed by atoms with Gasteiger partial charge in [0.1, 0.15) is 0 Å². The largest absolute Gasteiger partial charge is 0.345 e. The molecule has 2 aliphatic rings. The van der Waals surface area contributed by atoms with Crippen molar-refractivity contribution in [1.82, 2.24) is 10.3 Å². The fourth-order valence-electron chi connectivity index (χ4n) is 2.60. The quantitative estimate of drug-likeness (QED) is 0.906. The molecule has 1 aliphatic carbocycles. The van der Waals surface area contributed by atoms with Crippen molar-refractivity contribution in [2.45, 2.75) is 64.1 Å². The van der Waals surface area contributed by atoms with Crippen LogP contribution in [0.5, 0.6) is 0 Å². The van der Waals surface area contributed by atoms with Crippen molar-refractivity contribution in [3.05, 3.63) is 11.1 Å². The van der Waals surface area contributed by atoms with Gasteiger partial charge in [0, 0.05) is 36.2 Å². The van der Waals surface area contributed by atoms with Crippen LogP contribution in [0.15, 0.2) is 6.20 Å². The number of aromatic nitrogens is 1. The Kier molecular flexibility index (Phi) is 3.85. The van der Waals surface area contributed by atoms with Crippen LogP contribution in [-0.4, -0.2) is 23.6 Å². The monoisotopic (exact) mass is 265 g/mol. The molecule has 0 radical (unpaired) electrons. The maximum atomic E-state index is 4.63. The molecule has 1 aromatic heterocycles. The van der Waals surface area contributed by atoms with Crippen LogP contribution in [0, 0.1) is 0 Å². The minimum atomic E-state index is 0.655. The summed E-state index contributed by atoms with van der Waals surface area (Å²) in [5.74, 6) is 0. The number of nitrogens with one attached hydrogen (secondary N) is 1. The normalized spacial score (nSPS) is 25.2. The molecule has 1 saturated heterocycles. The van der Waals surface area contributed by atoms with E-state index in [2.05, 4.69) is 28.3 Å². The topological polar surface area (TPSA) is 28.2 Å². The van der Waals surface area contributed by atoms with Crippen LogP contribution in [0.2, 0.25) is 0 Å². The molecule has 1 N–H and O–H groups in total. The predicted octanol–water partition coefficient (Wildman–Crippen LogP) is 3.16. The third-order valence-electron chi connectivity index (χ3n) is 3.98. The average Bonchev–Trinajstić information content (AvgIpc) is 3.13. The molecule has 2 fully saturated rings. The number of hydrogen-bond acceptors (Lipinski definition) is 4. The van der Waals surface area contributed by atoms with Crippen molar-refractivity contribution in [3.8, 4) is 0 Å². The fourth-order valence-corrected chi connectivity index (χ4v) is 3.59. The Hall–Kier alpha value is -0.610. The second-order valence-corrected chi connectivity index (χ2v) is 6.75. The summed E-state index contributed by atoms with van der Waals surface area (Å²) in [5, 5.41) is 4.80. The van der Waals surface area contributed by atoms with Gasteiger partial charge in [0.15, 0.2) is 5.13 Å². The van der Waals surface area contributed by atoms with E-state index in [9.17, 15) is 0 Å². The Morgan fingerprint density at radius 2 is 2.22 bits per heavy atom. The van der Waals surface area contributed by atoms with Crippen LogP contribution in [-0.2, 0) is 6.54 Å². The number of hydrogen-bond donors (Lipinski definition) is 1. The molecule has 3 nitrogen and oxygen atoms in total. The van der Waals surface area contributed by atoms with Gasteiger partial charge in [-0.1, -0.05) is 12.8 Å². The minimum absolute atomic E-state index is 0.655. The molecule has 100 valence electrons. The van der Waals surface area contributed by atoms with E-state index in [0.717, 1.165) is 12.6 Å². The van der Waals surface area contributed by atoms with E-state index in [4.69, 9.17) is 0 Å². The Morgan fingerprint density at radius 1 is 1.33 bits per heavy atom. The highest BCUT2D eigenvalue weighted by atomic mass is 32.1. The summed E-state index contributed by atoms with van der Waals surface area (Å²) in [5.41, 5.74) is 0. The number of anilines is 1. The molecule has 0 spiro atoms. The lowest BCUT2D eigenvalue weighted by molar-refractivity contribution is 0.615. The summed E-state index contributed by atoms with van der Waals surface area (Å²) in [6, 6.07) is 1.44. The number of rotatable bonds is 4. The highest BCUT2D eigenvalue weighted by molar-refractivity contribution is 7.15. The first-order valence-electron chi connectivity index (χ1n) is 7.27. The first kappa shape index (κ1) is 12.4. The Morgan fingerprint density at radius 3 is 3.06 bits per heavy atom. The van der Waals surface area contributed by atoms with Gasteiger partial charge in [-0.25, -0.2) is 4.98 Å². The van der Waals surface area contributed by atoms with Gasteiger partial charge in [-0.2, -0.15) is 0 Å². The summed E-state index contributed by atoms with van der Waals surface area (Å²) >= 11 is 1.87. The first-order valence-corrected chi connectivity index (χ1v) is 8.09. The molecule has 0 bridgehead atoms. The van der Waals surface area contributed by atoms with Crippen LogP contribution in [0.3, 0.4) is 0 Å². The van der Waals surface area contributed by atoms with Gasteiger partial charge in [-0.05, 0) is 32.6 Å². The fraction of sp³-hybridized carbons (Fsp3) is 0.786. The second kappa shape index (κ2) is 5.57. The van der Waals surface area contributed by atoms with Crippen molar-refractivity contribution >= 4 is 16.5 Å². The molecule has 1 unspecified atom stereocenters. The lowest BCUT2D eigenvalue weighted by atomic mass is 10.1. The smallest absolute Gasteiger partial charge is 0.185 e. The van der Waals surface area contributed by atoms with Gasteiger partial charge in [0.25, 0.3) is 0 Å². The van der Waals surface area contributed by atoms with Crippen LogP contribution >= 0.6 is 11.3 Å². The maximum absolute atomic E-state index is 4.63. The average molecular weight is 265 g/mol. The number of nitrogens with zero attached hydrogens (tertiary/aromatic N) is 2. The van der Waals surface area contributed by atoms with E-state index in [-0.39, 0.29) is 0 Å². The van der Waals surface area contributed by atoms with Gasteiger partial charge >= 0.3 is 0 Å².